The van der Waals surface area contributed by atoms with E-state index in [1.54, 1.807) is 10.8 Å². The van der Waals surface area contributed by atoms with Gasteiger partial charge in [0.1, 0.15) is 17.5 Å². The van der Waals surface area contributed by atoms with Gasteiger partial charge in [0, 0.05) is 38.3 Å². The highest BCUT2D eigenvalue weighted by Gasteiger charge is 2.23. The van der Waals surface area contributed by atoms with Gasteiger partial charge >= 0.3 is 11.8 Å². The molecule has 1 saturated heterocycles. The van der Waals surface area contributed by atoms with Crippen molar-refractivity contribution in [3.8, 4) is 0 Å². The van der Waals surface area contributed by atoms with Crippen molar-refractivity contribution in [3.63, 3.8) is 0 Å². The number of amides is 1. The molecule has 1 amide bonds. The van der Waals surface area contributed by atoms with E-state index in [1.807, 2.05) is 35.9 Å². The molecule has 11 nitrogen and oxygen atoms in total. The maximum atomic E-state index is 12.8. The number of aromatic nitrogens is 4. The molecule has 3 aromatic rings. The van der Waals surface area contributed by atoms with Crippen molar-refractivity contribution in [3.05, 3.63) is 40.9 Å². The van der Waals surface area contributed by atoms with Gasteiger partial charge in [0.2, 0.25) is 0 Å². The Morgan fingerprint density at radius 3 is 2.56 bits per heavy atom. The zero-order valence-corrected chi connectivity index (χ0v) is 19.6. The highest BCUT2D eigenvalue weighted by molar-refractivity contribution is 5.79. The molecular formula is C23H32N8O3. The van der Waals surface area contributed by atoms with E-state index in [-0.39, 0.29) is 17.8 Å². The number of anilines is 3. The molecule has 1 saturated carbocycles. The number of hydrogen-bond acceptors (Lipinski definition) is 8. The number of aryl methyl sites for hydroxylation is 1. The Kier molecular flexibility index (Phi) is 7.01. The number of carbonyl (C=O) groups excluding carboxylic acids is 1. The summed E-state index contributed by atoms with van der Waals surface area (Å²) in [5.41, 5.74) is 12.3. The SMILES string of the molecule is COC(N)=O.Cn1c(=O)n(C2CCCC2)c2cc(Nc3cccc(N4CCC(N)C4)n3)ncc21. The fourth-order valence-corrected chi connectivity index (χ4v) is 4.64. The van der Waals surface area contributed by atoms with Crippen molar-refractivity contribution >= 4 is 34.6 Å². The van der Waals surface area contributed by atoms with Crippen LogP contribution in [0.1, 0.15) is 38.1 Å². The summed E-state index contributed by atoms with van der Waals surface area (Å²) >= 11 is 0. The Bertz CT molecular complexity index is 1210. The highest BCUT2D eigenvalue weighted by Crippen LogP contribution is 2.31. The quantitative estimate of drug-likeness (QED) is 0.528. The summed E-state index contributed by atoms with van der Waals surface area (Å²) in [6.07, 6.45) is 6.50. The van der Waals surface area contributed by atoms with Crippen molar-refractivity contribution in [2.45, 2.75) is 44.2 Å². The molecule has 11 heteroatoms. The summed E-state index contributed by atoms with van der Waals surface area (Å²) in [6.45, 7) is 1.76. The first-order valence-corrected chi connectivity index (χ1v) is 11.5. The summed E-state index contributed by atoms with van der Waals surface area (Å²) < 4.78 is 7.53. The van der Waals surface area contributed by atoms with Crippen LogP contribution in [0.15, 0.2) is 35.3 Å². The molecule has 0 aromatic carbocycles. The molecule has 1 aliphatic heterocycles. The van der Waals surface area contributed by atoms with E-state index in [2.05, 4.69) is 25.7 Å². The Morgan fingerprint density at radius 1 is 1.18 bits per heavy atom. The number of pyridine rings is 2. The molecule has 34 heavy (non-hydrogen) atoms. The fraction of sp³-hybridized carbons (Fsp3) is 0.478. The monoisotopic (exact) mass is 468 g/mol. The first kappa shape index (κ1) is 23.6. The van der Waals surface area contributed by atoms with Gasteiger partial charge < -0.3 is 26.4 Å². The van der Waals surface area contributed by atoms with Crippen molar-refractivity contribution in [2.24, 2.45) is 18.5 Å². The van der Waals surface area contributed by atoms with Gasteiger partial charge in [0.15, 0.2) is 0 Å². The number of fused-ring (bicyclic) bond motifs is 1. The number of hydrogen-bond donors (Lipinski definition) is 3. The zero-order valence-electron chi connectivity index (χ0n) is 19.6. The molecule has 5 rings (SSSR count). The second-order valence-corrected chi connectivity index (χ2v) is 8.73. The molecule has 1 unspecified atom stereocenters. The predicted octanol–water partition coefficient (Wildman–Crippen LogP) is 2.24. The largest absolute Gasteiger partial charge is 0.453 e. The molecule has 182 valence electrons. The Hall–Kier alpha value is -3.60. The van der Waals surface area contributed by atoms with Gasteiger partial charge in [-0.05, 0) is 31.4 Å². The van der Waals surface area contributed by atoms with E-state index in [4.69, 9.17) is 10.7 Å². The van der Waals surface area contributed by atoms with E-state index in [0.29, 0.717) is 5.82 Å². The van der Waals surface area contributed by atoms with E-state index >= 15 is 0 Å². The summed E-state index contributed by atoms with van der Waals surface area (Å²) in [7, 11) is 3.04. The molecule has 2 aliphatic rings. The van der Waals surface area contributed by atoms with Crippen LogP contribution in [0.2, 0.25) is 0 Å². The zero-order chi connectivity index (χ0) is 24.2. The molecule has 1 aliphatic carbocycles. The molecule has 1 atom stereocenters. The molecular weight excluding hydrogens is 436 g/mol. The van der Waals surface area contributed by atoms with E-state index in [9.17, 15) is 9.59 Å². The molecule has 5 N–H and O–H groups in total. The average molecular weight is 469 g/mol. The third-order valence-electron chi connectivity index (χ3n) is 6.41. The Labute approximate surface area is 197 Å². The van der Waals surface area contributed by atoms with Crippen LogP contribution in [-0.2, 0) is 11.8 Å². The van der Waals surface area contributed by atoms with Gasteiger partial charge in [0.25, 0.3) is 0 Å². The number of methoxy groups -OCH3 is 1. The van der Waals surface area contributed by atoms with Crippen LogP contribution < -0.4 is 27.4 Å². The van der Waals surface area contributed by atoms with Crippen LogP contribution in [0.3, 0.4) is 0 Å². The lowest BCUT2D eigenvalue weighted by Gasteiger charge is -2.17. The van der Waals surface area contributed by atoms with Gasteiger partial charge in [-0.2, -0.15) is 0 Å². The van der Waals surface area contributed by atoms with Crippen LogP contribution in [0.4, 0.5) is 22.2 Å². The van der Waals surface area contributed by atoms with Crippen LogP contribution in [0, 0.1) is 0 Å². The summed E-state index contributed by atoms with van der Waals surface area (Å²) in [5.74, 6) is 2.35. The maximum absolute atomic E-state index is 12.8. The smallest absolute Gasteiger partial charge is 0.404 e. The number of carbonyl (C=O) groups is 1. The lowest BCUT2D eigenvalue weighted by Crippen LogP contribution is -2.26. The fourth-order valence-electron chi connectivity index (χ4n) is 4.64. The lowest BCUT2D eigenvalue weighted by molar-refractivity contribution is 0.182. The van der Waals surface area contributed by atoms with Gasteiger partial charge in [-0.1, -0.05) is 18.9 Å². The number of nitrogens with one attached hydrogen (secondary N) is 1. The predicted molar refractivity (Wildman–Crippen MR) is 131 cm³/mol. The van der Waals surface area contributed by atoms with Gasteiger partial charge in [-0.25, -0.2) is 19.6 Å². The van der Waals surface area contributed by atoms with Crippen LogP contribution in [0.5, 0.6) is 0 Å². The number of nitrogens with zero attached hydrogens (tertiary/aromatic N) is 5. The minimum Gasteiger partial charge on any atom is -0.453 e. The van der Waals surface area contributed by atoms with Crippen molar-refractivity contribution in [1.29, 1.82) is 0 Å². The normalized spacial score (nSPS) is 18.1. The summed E-state index contributed by atoms with van der Waals surface area (Å²) in [4.78, 5) is 33.6. The average Bonchev–Trinajstić information content (AvgIpc) is 3.56. The minimum atomic E-state index is -0.745. The van der Waals surface area contributed by atoms with Crippen LogP contribution >= 0.6 is 0 Å². The maximum Gasteiger partial charge on any atom is 0.404 e. The standard InChI is InChI=1S/C21H27N7O.C2H5NO2/c1-26-17-12-23-19(11-16(17)28(21(26)29)15-5-2-3-6-15)24-18-7-4-8-20(25-18)27-10-9-14(22)13-27;1-5-2(3)4/h4,7-8,11-12,14-15H,2-3,5-6,9-10,13,22H2,1H3,(H,23,24,25);1H3,(H2,3,4). The second-order valence-electron chi connectivity index (χ2n) is 8.73. The summed E-state index contributed by atoms with van der Waals surface area (Å²) in [5, 5.41) is 3.31. The van der Waals surface area contributed by atoms with Gasteiger partial charge in [-0.3, -0.25) is 9.13 Å². The highest BCUT2D eigenvalue weighted by atomic mass is 16.5. The third-order valence-corrected chi connectivity index (χ3v) is 6.41. The van der Waals surface area contributed by atoms with Gasteiger partial charge in [-0.15, -0.1) is 0 Å². The van der Waals surface area contributed by atoms with Crippen molar-refractivity contribution < 1.29 is 9.53 Å². The second kappa shape index (κ2) is 10.1. The number of imidazole rings is 1. The number of primary amides is 1. The molecule has 4 heterocycles. The molecule has 3 aromatic heterocycles. The molecule has 0 radical (unpaired) electrons. The first-order chi connectivity index (χ1) is 16.4. The number of ether oxygens (including phenoxy) is 1. The van der Waals surface area contributed by atoms with Crippen molar-refractivity contribution in [2.75, 3.05) is 30.4 Å². The molecule has 0 bridgehead atoms. The van der Waals surface area contributed by atoms with Crippen LogP contribution in [0.25, 0.3) is 11.0 Å². The van der Waals surface area contributed by atoms with Gasteiger partial charge in [0.05, 0.1) is 24.3 Å². The van der Waals surface area contributed by atoms with E-state index in [0.717, 1.165) is 55.0 Å². The number of nitrogens with two attached hydrogens (primary N) is 2. The van der Waals surface area contributed by atoms with Crippen LogP contribution in [-0.4, -0.2) is 51.4 Å². The first-order valence-electron chi connectivity index (χ1n) is 11.5. The molecule has 0 spiro atoms. The Morgan fingerprint density at radius 2 is 1.91 bits per heavy atom. The lowest BCUT2D eigenvalue weighted by atomic mass is 10.2. The molecule has 2 fully saturated rings. The van der Waals surface area contributed by atoms with E-state index in [1.165, 1.54) is 20.0 Å². The van der Waals surface area contributed by atoms with E-state index < -0.39 is 6.09 Å². The third kappa shape index (κ3) is 4.98. The number of rotatable bonds is 4. The minimum absolute atomic E-state index is 0.0383. The summed E-state index contributed by atoms with van der Waals surface area (Å²) in [6, 6.07) is 8.39. The van der Waals surface area contributed by atoms with Crippen molar-refractivity contribution in [1.82, 2.24) is 19.1 Å². The topological polar surface area (TPSA) is 146 Å². The Balaban J connectivity index is 0.000000499.